The van der Waals surface area contributed by atoms with E-state index >= 15 is 0 Å². The van der Waals surface area contributed by atoms with Crippen LogP contribution in [0.25, 0.3) is 0 Å². The van der Waals surface area contributed by atoms with Crippen LogP contribution in [0, 0.1) is 19.8 Å². The molecule has 8 heteroatoms. The van der Waals surface area contributed by atoms with Gasteiger partial charge >= 0.3 is 0 Å². The SMILES string of the molecule is Cc1ccc(N2CC(C(=O)Nc3ccc(Nc4cc(C)nc(N5CCCC5)n4)cc3)CC2=O)cc1. The summed E-state index contributed by atoms with van der Waals surface area (Å²) in [6.07, 6.45) is 2.56. The van der Waals surface area contributed by atoms with Gasteiger partial charge in [-0.2, -0.15) is 4.98 Å². The first kappa shape index (κ1) is 22.8. The molecule has 180 valence electrons. The smallest absolute Gasteiger partial charge is 0.229 e. The maximum atomic E-state index is 12.8. The number of carbonyl (C=O) groups is 2. The zero-order valence-corrected chi connectivity index (χ0v) is 20.1. The molecular formula is C27H30N6O2. The normalized spacial score (nSPS) is 17.7. The van der Waals surface area contributed by atoms with Crippen molar-refractivity contribution in [1.82, 2.24) is 9.97 Å². The van der Waals surface area contributed by atoms with E-state index in [0.29, 0.717) is 12.2 Å². The molecule has 1 aromatic heterocycles. The van der Waals surface area contributed by atoms with Gasteiger partial charge in [-0.3, -0.25) is 9.59 Å². The van der Waals surface area contributed by atoms with Crippen LogP contribution < -0.4 is 20.4 Å². The average molecular weight is 471 g/mol. The summed E-state index contributed by atoms with van der Waals surface area (Å²) >= 11 is 0. The average Bonchev–Trinajstić information content (AvgIpc) is 3.51. The molecule has 1 atom stereocenters. The van der Waals surface area contributed by atoms with Crippen molar-refractivity contribution in [3.8, 4) is 0 Å². The van der Waals surface area contributed by atoms with Gasteiger partial charge in [-0.1, -0.05) is 17.7 Å². The number of aryl methyl sites for hydroxylation is 2. The van der Waals surface area contributed by atoms with E-state index in [9.17, 15) is 9.59 Å². The van der Waals surface area contributed by atoms with Crippen LogP contribution in [0.1, 0.15) is 30.5 Å². The summed E-state index contributed by atoms with van der Waals surface area (Å²) in [7, 11) is 0. The molecule has 2 aliphatic heterocycles. The molecule has 1 unspecified atom stereocenters. The molecule has 8 nitrogen and oxygen atoms in total. The molecule has 2 aromatic carbocycles. The molecule has 5 rings (SSSR count). The molecule has 35 heavy (non-hydrogen) atoms. The van der Waals surface area contributed by atoms with Gasteiger partial charge in [0.25, 0.3) is 0 Å². The number of hydrogen-bond acceptors (Lipinski definition) is 6. The van der Waals surface area contributed by atoms with Crippen LogP contribution in [0.15, 0.2) is 54.6 Å². The summed E-state index contributed by atoms with van der Waals surface area (Å²) in [5.41, 5.74) is 4.45. The maximum Gasteiger partial charge on any atom is 0.229 e. The predicted octanol–water partition coefficient (Wildman–Crippen LogP) is 4.43. The molecule has 0 bridgehead atoms. The number of rotatable bonds is 6. The third-order valence-corrected chi connectivity index (χ3v) is 6.50. The molecule has 0 aliphatic carbocycles. The molecule has 0 saturated carbocycles. The van der Waals surface area contributed by atoms with Crippen LogP contribution in [-0.2, 0) is 9.59 Å². The van der Waals surface area contributed by atoms with E-state index in [2.05, 4.69) is 25.5 Å². The largest absolute Gasteiger partial charge is 0.341 e. The Morgan fingerprint density at radius 1 is 0.943 bits per heavy atom. The maximum absolute atomic E-state index is 12.8. The lowest BCUT2D eigenvalue weighted by molar-refractivity contribution is -0.122. The van der Waals surface area contributed by atoms with Crippen LogP contribution >= 0.6 is 0 Å². The summed E-state index contributed by atoms with van der Waals surface area (Å²) in [4.78, 5) is 38.5. The van der Waals surface area contributed by atoms with Crippen molar-refractivity contribution in [2.45, 2.75) is 33.1 Å². The summed E-state index contributed by atoms with van der Waals surface area (Å²) in [6.45, 7) is 6.35. The van der Waals surface area contributed by atoms with Gasteiger partial charge in [0.05, 0.1) is 5.92 Å². The summed E-state index contributed by atoms with van der Waals surface area (Å²) in [5, 5.41) is 6.29. The van der Waals surface area contributed by atoms with E-state index in [4.69, 9.17) is 0 Å². The number of nitrogens with zero attached hydrogens (tertiary/aromatic N) is 4. The van der Waals surface area contributed by atoms with Crippen LogP contribution in [0.5, 0.6) is 0 Å². The fourth-order valence-corrected chi connectivity index (χ4v) is 4.56. The van der Waals surface area contributed by atoms with Gasteiger partial charge in [0.15, 0.2) is 0 Å². The van der Waals surface area contributed by atoms with Gasteiger partial charge in [0.2, 0.25) is 17.8 Å². The van der Waals surface area contributed by atoms with Crippen molar-refractivity contribution in [2.24, 2.45) is 5.92 Å². The highest BCUT2D eigenvalue weighted by Gasteiger charge is 2.35. The van der Waals surface area contributed by atoms with E-state index in [-0.39, 0.29) is 24.2 Å². The molecule has 2 aliphatic rings. The van der Waals surface area contributed by atoms with Gasteiger partial charge < -0.3 is 20.4 Å². The standard InChI is InChI=1S/C27H30N6O2/c1-18-5-11-23(12-6-18)33-17-20(16-25(33)34)26(35)30-22-9-7-21(8-10-22)29-24-15-19(2)28-27(31-24)32-13-3-4-14-32/h5-12,15,20H,3-4,13-14,16-17H2,1-2H3,(H,30,35)(H,28,29,31). The minimum Gasteiger partial charge on any atom is -0.341 e. The van der Waals surface area contributed by atoms with Gasteiger partial charge in [-0.15, -0.1) is 0 Å². The molecular weight excluding hydrogens is 440 g/mol. The molecule has 0 radical (unpaired) electrons. The molecule has 2 N–H and O–H groups in total. The Kier molecular flexibility index (Phi) is 6.35. The van der Waals surface area contributed by atoms with Gasteiger partial charge in [0, 0.05) is 54.9 Å². The van der Waals surface area contributed by atoms with Crippen LogP contribution in [-0.4, -0.2) is 41.4 Å². The second kappa shape index (κ2) is 9.74. The summed E-state index contributed by atoms with van der Waals surface area (Å²) in [5.74, 6) is 0.962. The van der Waals surface area contributed by atoms with Crippen molar-refractivity contribution in [3.05, 3.63) is 65.9 Å². The number of nitrogens with one attached hydrogen (secondary N) is 2. The number of benzene rings is 2. The minimum atomic E-state index is -0.380. The fraction of sp³-hybridized carbons (Fsp3) is 0.333. The Labute approximate surface area is 205 Å². The Morgan fingerprint density at radius 2 is 1.63 bits per heavy atom. The lowest BCUT2D eigenvalue weighted by atomic mass is 10.1. The van der Waals surface area contributed by atoms with Crippen molar-refractivity contribution in [2.75, 3.05) is 40.1 Å². The topological polar surface area (TPSA) is 90.5 Å². The Hall–Kier alpha value is -3.94. The minimum absolute atomic E-state index is 0.0259. The molecule has 3 heterocycles. The zero-order chi connectivity index (χ0) is 24.4. The first-order chi connectivity index (χ1) is 16.9. The molecule has 2 saturated heterocycles. The van der Waals surface area contributed by atoms with Crippen molar-refractivity contribution < 1.29 is 9.59 Å². The van der Waals surface area contributed by atoms with E-state index in [1.54, 1.807) is 4.90 Å². The van der Waals surface area contributed by atoms with Crippen LogP contribution in [0.3, 0.4) is 0 Å². The lowest BCUT2D eigenvalue weighted by Crippen LogP contribution is -2.28. The lowest BCUT2D eigenvalue weighted by Gasteiger charge is -2.17. The van der Waals surface area contributed by atoms with Crippen molar-refractivity contribution in [3.63, 3.8) is 0 Å². The molecule has 0 spiro atoms. The molecule has 3 aromatic rings. The number of carbonyl (C=O) groups excluding carboxylic acids is 2. The van der Waals surface area contributed by atoms with Crippen LogP contribution in [0.4, 0.5) is 28.8 Å². The molecule has 2 amide bonds. The predicted molar refractivity (Wildman–Crippen MR) is 138 cm³/mol. The third kappa shape index (κ3) is 5.26. The highest BCUT2D eigenvalue weighted by Crippen LogP contribution is 2.27. The van der Waals surface area contributed by atoms with Gasteiger partial charge in [-0.05, 0) is 63.1 Å². The van der Waals surface area contributed by atoms with E-state index in [1.165, 1.54) is 12.8 Å². The molecule has 2 fully saturated rings. The fourth-order valence-electron chi connectivity index (χ4n) is 4.56. The van der Waals surface area contributed by atoms with Crippen molar-refractivity contribution in [1.29, 1.82) is 0 Å². The Morgan fingerprint density at radius 3 is 2.34 bits per heavy atom. The number of amides is 2. The van der Waals surface area contributed by atoms with E-state index in [0.717, 1.165) is 47.5 Å². The zero-order valence-electron chi connectivity index (χ0n) is 20.1. The highest BCUT2D eigenvalue weighted by molar-refractivity contribution is 6.03. The number of hydrogen-bond donors (Lipinski definition) is 2. The number of aromatic nitrogens is 2. The first-order valence-electron chi connectivity index (χ1n) is 12.1. The van der Waals surface area contributed by atoms with Crippen LogP contribution in [0.2, 0.25) is 0 Å². The Balaban J connectivity index is 1.20. The summed E-state index contributed by atoms with van der Waals surface area (Å²) < 4.78 is 0. The highest BCUT2D eigenvalue weighted by atomic mass is 16.2. The number of anilines is 5. The van der Waals surface area contributed by atoms with E-state index in [1.807, 2.05) is 68.4 Å². The van der Waals surface area contributed by atoms with Gasteiger partial charge in [-0.25, -0.2) is 4.98 Å². The third-order valence-electron chi connectivity index (χ3n) is 6.50. The Bertz CT molecular complexity index is 1220. The van der Waals surface area contributed by atoms with Crippen molar-refractivity contribution >= 4 is 40.6 Å². The monoisotopic (exact) mass is 470 g/mol. The second-order valence-electron chi connectivity index (χ2n) is 9.32. The summed E-state index contributed by atoms with van der Waals surface area (Å²) in [6, 6.07) is 17.2. The second-order valence-corrected chi connectivity index (χ2v) is 9.32. The first-order valence-corrected chi connectivity index (χ1v) is 12.1. The van der Waals surface area contributed by atoms with E-state index < -0.39 is 0 Å². The quantitative estimate of drug-likeness (QED) is 0.554. The van der Waals surface area contributed by atoms with Gasteiger partial charge in [0.1, 0.15) is 5.82 Å².